The predicted molar refractivity (Wildman–Crippen MR) is 96.2 cm³/mol. The van der Waals surface area contributed by atoms with Gasteiger partial charge in [-0.15, -0.1) is 0 Å². The third kappa shape index (κ3) is 3.09. The van der Waals surface area contributed by atoms with Gasteiger partial charge in [0.05, 0.1) is 5.69 Å². The fraction of sp³-hybridized carbons (Fsp3) is 0.200. The number of hydrogen-bond acceptors (Lipinski definition) is 2. The van der Waals surface area contributed by atoms with Gasteiger partial charge in [-0.2, -0.15) is 0 Å². The molecular formula is C20H21N3. The molecule has 0 aliphatic rings. The van der Waals surface area contributed by atoms with E-state index in [2.05, 4.69) is 66.5 Å². The maximum Gasteiger partial charge on any atom is 0.136 e. The van der Waals surface area contributed by atoms with Crippen LogP contribution in [0.15, 0.2) is 53.7 Å². The molecule has 2 heterocycles. The Morgan fingerprint density at radius 2 is 1.78 bits per heavy atom. The van der Waals surface area contributed by atoms with Crippen LogP contribution in [0.5, 0.6) is 0 Å². The molecule has 0 aliphatic carbocycles. The first kappa shape index (κ1) is 15.2. The van der Waals surface area contributed by atoms with E-state index in [1.165, 1.54) is 11.1 Å². The first-order valence-electron chi connectivity index (χ1n) is 7.78. The quantitative estimate of drug-likeness (QED) is 0.636. The average Bonchev–Trinajstić information content (AvgIpc) is 2.83. The number of rotatable bonds is 3. The number of benzene rings is 1. The van der Waals surface area contributed by atoms with E-state index in [-0.39, 0.29) is 0 Å². The Hall–Kier alpha value is -2.68. The number of aliphatic imine (C=N–C) groups is 1. The summed E-state index contributed by atoms with van der Waals surface area (Å²) in [6, 6.07) is 14.4. The number of aromatic nitrogens is 2. The Labute approximate surface area is 137 Å². The molecule has 0 aliphatic heterocycles. The van der Waals surface area contributed by atoms with Crippen molar-refractivity contribution in [1.82, 2.24) is 9.55 Å². The molecular weight excluding hydrogens is 282 g/mol. The molecule has 3 rings (SSSR count). The molecule has 1 aromatic carbocycles. The number of nitrogens with zero attached hydrogens (tertiary/aromatic N) is 3. The van der Waals surface area contributed by atoms with Crippen LogP contribution in [0, 0.1) is 27.7 Å². The summed E-state index contributed by atoms with van der Waals surface area (Å²) in [4.78, 5) is 9.07. The highest BCUT2D eigenvalue weighted by Gasteiger charge is 2.09. The summed E-state index contributed by atoms with van der Waals surface area (Å²) >= 11 is 0. The molecule has 0 bridgehead atoms. The monoisotopic (exact) mass is 303 g/mol. The lowest BCUT2D eigenvalue weighted by molar-refractivity contribution is 0.921. The Bertz CT molecular complexity index is 858. The van der Waals surface area contributed by atoms with Crippen LogP contribution in [-0.2, 0) is 0 Å². The highest BCUT2D eigenvalue weighted by Crippen LogP contribution is 2.20. The minimum Gasteiger partial charge on any atom is -0.303 e. The Balaban J connectivity index is 1.95. The van der Waals surface area contributed by atoms with Gasteiger partial charge in [0.25, 0.3) is 0 Å². The Morgan fingerprint density at radius 3 is 2.48 bits per heavy atom. The van der Waals surface area contributed by atoms with Crippen LogP contribution < -0.4 is 0 Å². The molecule has 2 aromatic heterocycles. The second-order valence-corrected chi connectivity index (χ2v) is 5.88. The second kappa shape index (κ2) is 6.21. The summed E-state index contributed by atoms with van der Waals surface area (Å²) in [5.41, 5.74) is 6.95. The van der Waals surface area contributed by atoms with Gasteiger partial charge in [0.2, 0.25) is 0 Å². The van der Waals surface area contributed by atoms with Gasteiger partial charge in [-0.05, 0) is 69.2 Å². The van der Waals surface area contributed by atoms with E-state index in [0.717, 1.165) is 28.5 Å². The molecule has 0 saturated heterocycles. The van der Waals surface area contributed by atoms with Crippen molar-refractivity contribution in [2.75, 3.05) is 0 Å². The number of hydrogen-bond donors (Lipinski definition) is 0. The molecule has 3 heteroatoms. The first-order chi connectivity index (χ1) is 11.1. The van der Waals surface area contributed by atoms with Gasteiger partial charge in [-0.3, -0.25) is 4.99 Å². The largest absolute Gasteiger partial charge is 0.303 e. The number of pyridine rings is 1. The molecule has 23 heavy (non-hydrogen) atoms. The zero-order valence-electron chi connectivity index (χ0n) is 14.0. The Morgan fingerprint density at radius 1 is 0.957 bits per heavy atom. The molecule has 0 amide bonds. The van der Waals surface area contributed by atoms with Crippen molar-refractivity contribution in [1.29, 1.82) is 0 Å². The summed E-state index contributed by atoms with van der Waals surface area (Å²) in [5, 5.41) is 0. The fourth-order valence-corrected chi connectivity index (χ4v) is 2.71. The molecule has 0 atom stereocenters. The normalized spacial score (nSPS) is 11.3. The maximum atomic E-state index is 4.63. The molecule has 0 radical (unpaired) electrons. The summed E-state index contributed by atoms with van der Waals surface area (Å²) < 4.78 is 2.15. The summed E-state index contributed by atoms with van der Waals surface area (Å²) in [6.45, 7) is 8.42. The summed E-state index contributed by atoms with van der Waals surface area (Å²) in [6.07, 6.45) is 3.75. The zero-order chi connectivity index (χ0) is 16.4. The number of aryl methyl sites for hydroxylation is 3. The zero-order valence-corrected chi connectivity index (χ0v) is 14.0. The summed E-state index contributed by atoms with van der Waals surface area (Å²) in [7, 11) is 0. The van der Waals surface area contributed by atoms with E-state index >= 15 is 0 Å². The van der Waals surface area contributed by atoms with E-state index in [1.807, 2.05) is 30.6 Å². The molecule has 3 nitrogen and oxygen atoms in total. The molecule has 3 aromatic rings. The predicted octanol–water partition coefficient (Wildman–Crippen LogP) is 4.86. The Kier molecular flexibility index (Phi) is 4.11. The van der Waals surface area contributed by atoms with Crippen molar-refractivity contribution in [3.63, 3.8) is 0 Å². The van der Waals surface area contributed by atoms with Crippen LogP contribution in [0.4, 0.5) is 5.69 Å². The van der Waals surface area contributed by atoms with Crippen LogP contribution in [0.2, 0.25) is 0 Å². The van der Waals surface area contributed by atoms with E-state index < -0.39 is 0 Å². The molecule has 0 fully saturated rings. The molecule has 0 spiro atoms. The first-order valence-corrected chi connectivity index (χ1v) is 7.78. The van der Waals surface area contributed by atoms with Crippen molar-refractivity contribution in [3.8, 4) is 5.82 Å². The standard InChI is InChI=1S/C20H21N3/c1-14-8-9-19(11-15(14)2)22-13-18-12-16(3)23(17(18)4)20-7-5-6-10-21-20/h5-13H,1-4H3. The SMILES string of the molecule is Cc1ccc(N=Cc2cc(C)n(-c3ccccn3)c2C)cc1C. The molecule has 0 saturated carbocycles. The van der Waals surface area contributed by atoms with Gasteiger partial charge >= 0.3 is 0 Å². The lowest BCUT2D eigenvalue weighted by Gasteiger charge is -2.07. The van der Waals surface area contributed by atoms with Crippen molar-refractivity contribution in [2.45, 2.75) is 27.7 Å². The molecule has 0 N–H and O–H groups in total. The van der Waals surface area contributed by atoms with Crippen LogP contribution in [0.25, 0.3) is 5.82 Å². The average molecular weight is 303 g/mol. The smallest absolute Gasteiger partial charge is 0.136 e. The topological polar surface area (TPSA) is 30.2 Å². The van der Waals surface area contributed by atoms with E-state index in [4.69, 9.17) is 0 Å². The lowest BCUT2D eigenvalue weighted by atomic mass is 10.1. The third-order valence-electron chi connectivity index (χ3n) is 4.19. The minimum atomic E-state index is 0.938. The van der Waals surface area contributed by atoms with Gasteiger partial charge < -0.3 is 4.57 Å². The van der Waals surface area contributed by atoms with Gasteiger partial charge in [-0.25, -0.2) is 4.98 Å². The van der Waals surface area contributed by atoms with Crippen molar-refractivity contribution >= 4 is 11.9 Å². The third-order valence-corrected chi connectivity index (χ3v) is 4.19. The van der Waals surface area contributed by atoms with Crippen molar-refractivity contribution in [2.24, 2.45) is 4.99 Å². The highest BCUT2D eigenvalue weighted by atomic mass is 15.1. The van der Waals surface area contributed by atoms with E-state index in [9.17, 15) is 0 Å². The lowest BCUT2D eigenvalue weighted by Crippen LogP contribution is -2.01. The molecule has 116 valence electrons. The molecule has 0 unspecified atom stereocenters. The minimum absolute atomic E-state index is 0.938. The van der Waals surface area contributed by atoms with Crippen molar-refractivity contribution in [3.05, 3.63) is 76.7 Å². The van der Waals surface area contributed by atoms with Gasteiger partial charge in [-0.1, -0.05) is 12.1 Å². The maximum absolute atomic E-state index is 4.63. The summed E-state index contributed by atoms with van der Waals surface area (Å²) in [5.74, 6) is 0.938. The van der Waals surface area contributed by atoms with Crippen LogP contribution in [0.3, 0.4) is 0 Å². The van der Waals surface area contributed by atoms with Gasteiger partial charge in [0, 0.05) is 29.4 Å². The van der Waals surface area contributed by atoms with Crippen LogP contribution in [-0.4, -0.2) is 15.8 Å². The van der Waals surface area contributed by atoms with E-state index in [0.29, 0.717) is 0 Å². The fourth-order valence-electron chi connectivity index (χ4n) is 2.71. The van der Waals surface area contributed by atoms with Crippen LogP contribution >= 0.6 is 0 Å². The highest BCUT2D eigenvalue weighted by molar-refractivity contribution is 5.84. The van der Waals surface area contributed by atoms with Gasteiger partial charge in [0.1, 0.15) is 5.82 Å². The van der Waals surface area contributed by atoms with Crippen LogP contribution in [0.1, 0.15) is 28.1 Å². The van der Waals surface area contributed by atoms with Crippen molar-refractivity contribution < 1.29 is 0 Å². The second-order valence-electron chi connectivity index (χ2n) is 5.88. The van der Waals surface area contributed by atoms with E-state index in [1.54, 1.807) is 0 Å². The van der Waals surface area contributed by atoms with Gasteiger partial charge in [0.15, 0.2) is 0 Å².